The average molecular weight is 231 g/mol. The number of benzene rings is 1. The van der Waals surface area contributed by atoms with Gasteiger partial charge < -0.3 is 5.32 Å². The second-order valence-corrected chi connectivity index (χ2v) is 5.36. The van der Waals surface area contributed by atoms with Gasteiger partial charge in [-0.25, -0.2) is 0 Å². The van der Waals surface area contributed by atoms with Crippen molar-refractivity contribution in [1.29, 1.82) is 0 Å². The van der Waals surface area contributed by atoms with Crippen molar-refractivity contribution in [2.24, 2.45) is 0 Å². The number of nitrogens with one attached hydrogen (secondary N) is 1. The Hall–Kier alpha value is -0.820. The second-order valence-electron chi connectivity index (χ2n) is 5.36. The Morgan fingerprint density at radius 1 is 1.12 bits per heavy atom. The van der Waals surface area contributed by atoms with Gasteiger partial charge in [0.2, 0.25) is 0 Å². The maximum atomic E-state index is 3.73. The lowest BCUT2D eigenvalue weighted by atomic mass is 9.80. The van der Waals surface area contributed by atoms with Crippen LogP contribution in [0.2, 0.25) is 0 Å². The molecule has 0 spiro atoms. The van der Waals surface area contributed by atoms with Crippen molar-refractivity contribution in [3.8, 4) is 0 Å². The van der Waals surface area contributed by atoms with E-state index in [0.29, 0.717) is 6.04 Å². The number of rotatable bonds is 4. The molecule has 1 aliphatic carbocycles. The van der Waals surface area contributed by atoms with E-state index in [0.717, 1.165) is 12.5 Å². The van der Waals surface area contributed by atoms with Crippen LogP contribution in [-0.4, -0.2) is 12.6 Å². The lowest BCUT2D eigenvalue weighted by Crippen LogP contribution is -2.37. The molecule has 1 heteroatoms. The summed E-state index contributed by atoms with van der Waals surface area (Å²) in [5.74, 6) is 0.732. The minimum absolute atomic E-state index is 0.700. The molecule has 0 aromatic heterocycles. The fourth-order valence-electron chi connectivity index (χ4n) is 2.92. The highest BCUT2D eigenvalue weighted by Crippen LogP contribution is 2.33. The highest BCUT2D eigenvalue weighted by molar-refractivity contribution is 5.26. The maximum Gasteiger partial charge on any atom is 0.0136 e. The predicted molar refractivity (Wildman–Crippen MR) is 74.5 cm³/mol. The molecule has 1 aromatic rings. The van der Waals surface area contributed by atoms with Gasteiger partial charge in [0, 0.05) is 6.04 Å². The van der Waals surface area contributed by atoms with Crippen LogP contribution in [0.5, 0.6) is 0 Å². The quantitative estimate of drug-likeness (QED) is 0.825. The molecule has 0 saturated heterocycles. The van der Waals surface area contributed by atoms with Crippen molar-refractivity contribution < 1.29 is 0 Å². The Balaban J connectivity index is 2.07. The Kier molecular flexibility index (Phi) is 4.61. The van der Waals surface area contributed by atoms with Gasteiger partial charge >= 0.3 is 0 Å². The van der Waals surface area contributed by atoms with Gasteiger partial charge in [-0.1, -0.05) is 49.6 Å². The molecule has 0 amide bonds. The monoisotopic (exact) mass is 231 g/mol. The highest BCUT2D eigenvalue weighted by atomic mass is 14.9. The molecule has 0 bridgehead atoms. The molecular weight excluding hydrogens is 206 g/mol. The molecule has 0 heterocycles. The van der Waals surface area contributed by atoms with E-state index < -0.39 is 0 Å². The molecule has 2 rings (SSSR count). The van der Waals surface area contributed by atoms with Gasteiger partial charge in [0.1, 0.15) is 0 Å². The van der Waals surface area contributed by atoms with E-state index in [9.17, 15) is 0 Å². The van der Waals surface area contributed by atoms with Crippen molar-refractivity contribution in [3.05, 3.63) is 35.4 Å². The van der Waals surface area contributed by atoms with Crippen molar-refractivity contribution in [1.82, 2.24) is 5.32 Å². The molecule has 1 fully saturated rings. The van der Waals surface area contributed by atoms with Crippen molar-refractivity contribution in [2.75, 3.05) is 6.54 Å². The minimum Gasteiger partial charge on any atom is -0.313 e. The van der Waals surface area contributed by atoms with Crippen LogP contribution in [0.25, 0.3) is 0 Å². The van der Waals surface area contributed by atoms with Gasteiger partial charge in [-0.15, -0.1) is 0 Å². The molecule has 1 aliphatic rings. The Morgan fingerprint density at radius 2 is 1.82 bits per heavy atom. The summed E-state index contributed by atoms with van der Waals surface area (Å²) in [6.07, 6.45) is 6.71. The molecule has 2 atom stereocenters. The molecule has 1 saturated carbocycles. The summed E-state index contributed by atoms with van der Waals surface area (Å²) in [5, 5.41) is 3.73. The van der Waals surface area contributed by atoms with E-state index in [2.05, 4.69) is 43.4 Å². The average Bonchev–Trinajstić information content (AvgIpc) is 2.38. The Labute approximate surface area is 106 Å². The zero-order valence-electron chi connectivity index (χ0n) is 11.2. The first kappa shape index (κ1) is 12.6. The number of hydrogen-bond donors (Lipinski definition) is 1. The van der Waals surface area contributed by atoms with E-state index in [1.807, 2.05) is 0 Å². The SMILES string of the molecule is CCCNC1CCCCC1c1ccc(C)cc1. The number of hydrogen-bond acceptors (Lipinski definition) is 1. The molecule has 1 nitrogen and oxygen atoms in total. The van der Waals surface area contributed by atoms with E-state index in [1.54, 1.807) is 0 Å². The fourth-order valence-corrected chi connectivity index (χ4v) is 2.92. The Bertz CT molecular complexity index is 328. The third-order valence-electron chi connectivity index (χ3n) is 3.93. The Morgan fingerprint density at radius 3 is 2.53 bits per heavy atom. The molecule has 0 aliphatic heterocycles. The summed E-state index contributed by atoms with van der Waals surface area (Å²) in [5.41, 5.74) is 2.89. The first-order chi connectivity index (χ1) is 8.31. The standard InChI is InChI=1S/C16H25N/c1-3-12-17-16-7-5-4-6-15(16)14-10-8-13(2)9-11-14/h8-11,15-17H,3-7,12H2,1-2H3. The topological polar surface area (TPSA) is 12.0 Å². The summed E-state index contributed by atoms with van der Waals surface area (Å²) in [6, 6.07) is 9.85. The molecule has 0 radical (unpaired) electrons. The van der Waals surface area contributed by atoms with Gasteiger partial charge in [-0.3, -0.25) is 0 Å². The zero-order chi connectivity index (χ0) is 12.1. The molecule has 1 aromatic carbocycles. The second kappa shape index (κ2) is 6.20. The van der Waals surface area contributed by atoms with Crippen LogP contribution in [0.1, 0.15) is 56.1 Å². The molecule has 2 unspecified atom stereocenters. The van der Waals surface area contributed by atoms with Crippen LogP contribution < -0.4 is 5.32 Å². The summed E-state index contributed by atoms with van der Waals surface area (Å²) < 4.78 is 0. The van der Waals surface area contributed by atoms with Gasteiger partial charge in [-0.2, -0.15) is 0 Å². The summed E-state index contributed by atoms with van der Waals surface area (Å²) in [6.45, 7) is 5.57. The largest absolute Gasteiger partial charge is 0.313 e. The third-order valence-corrected chi connectivity index (χ3v) is 3.93. The molecule has 94 valence electrons. The predicted octanol–water partition coefficient (Wildman–Crippen LogP) is 4.02. The zero-order valence-corrected chi connectivity index (χ0v) is 11.2. The molecule has 17 heavy (non-hydrogen) atoms. The van der Waals surface area contributed by atoms with Gasteiger partial charge in [0.05, 0.1) is 0 Å². The molecular formula is C16H25N. The first-order valence-electron chi connectivity index (χ1n) is 7.11. The van der Waals surface area contributed by atoms with Gasteiger partial charge in [0.15, 0.2) is 0 Å². The normalized spacial score (nSPS) is 24.8. The first-order valence-corrected chi connectivity index (χ1v) is 7.11. The lowest BCUT2D eigenvalue weighted by Gasteiger charge is -2.32. The summed E-state index contributed by atoms with van der Waals surface area (Å²) >= 11 is 0. The van der Waals surface area contributed by atoms with Crippen LogP contribution in [0.4, 0.5) is 0 Å². The van der Waals surface area contributed by atoms with Crippen LogP contribution in [0.3, 0.4) is 0 Å². The smallest absolute Gasteiger partial charge is 0.0136 e. The van der Waals surface area contributed by atoms with Crippen LogP contribution in [-0.2, 0) is 0 Å². The number of aryl methyl sites for hydroxylation is 1. The van der Waals surface area contributed by atoms with E-state index in [-0.39, 0.29) is 0 Å². The lowest BCUT2D eigenvalue weighted by molar-refractivity contribution is 0.328. The summed E-state index contributed by atoms with van der Waals surface area (Å²) in [4.78, 5) is 0. The van der Waals surface area contributed by atoms with Crippen molar-refractivity contribution >= 4 is 0 Å². The molecule has 1 N–H and O–H groups in total. The van der Waals surface area contributed by atoms with E-state index in [4.69, 9.17) is 0 Å². The minimum atomic E-state index is 0.700. The van der Waals surface area contributed by atoms with Crippen LogP contribution in [0, 0.1) is 6.92 Å². The fraction of sp³-hybridized carbons (Fsp3) is 0.625. The van der Waals surface area contributed by atoms with Gasteiger partial charge in [0.25, 0.3) is 0 Å². The van der Waals surface area contributed by atoms with E-state index >= 15 is 0 Å². The van der Waals surface area contributed by atoms with Gasteiger partial charge in [-0.05, 0) is 44.2 Å². The maximum absolute atomic E-state index is 3.73. The van der Waals surface area contributed by atoms with Crippen molar-refractivity contribution in [3.63, 3.8) is 0 Å². The van der Waals surface area contributed by atoms with Crippen molar-refractivity contribution in [2.45, 2.75) is 57.9 Å². The van der Waals surface area contributed by atoms with E-state index in [1.165, 1.54) is 43.2 Å². The van der Waals surface area contributed by atoms with Crippen LogP contribution >= 0.6 is 0 Å². The van der Waals surface area contributed by atoms with Crippen LogP contribution in [0.15, 0.2) is 24.3 Å². The summed E-state index contributed by atoms with van der Waals surface area (Å²) in [7, 11) is 0. The highest BCUT2D eigenvalue weighted by Gasteiger charge is 2.25. The third kappa shape index (κ3) is 3.32.